The van der Waals surface area contributed by atoms with Gasteiger partial charge in [-0.25, -0.2) is 0 Å². The molecule has 126 valence electrons. The monoisotopic (exact) mass is 328 g/mol. The highest BCUT2D eigenvalue weighted by atomic mass is 32.2. The number of carbonyl (C=O) groups excluding carboxylic acids is 3. The van der Waals surface area contributed by atoms with Crippen molar-refractivity contribution in [2.75, 3.05) is 18.8 Å². The Morgan fingerprint density at radius 2 is 2.05 bits per heavy atom. The molecule has 1 aliphatic rings. The van der Waals surface area contributed by atoms with Crippen LogP contribution < -0.4 is 5.32 Å². The van der Waals surface area contributed by atoms with Crippen molar-refractivity contribution >= 4 is 29.5 Å². The number of hydrogen-bond acceptors (Lipinski definition) is 4. The molecule has 5 nitrogen and oxygen atoms in total. The zero-order valence-electron chi connectivity index (χ0n) is 14.1. The first-order valence-electron chi connectivity index (χ1n) is 7.97. The standard InChI is InChI=1S/C16H28N2O3S/c1-5-6-8-17-13(19)7-9-18-14(20)10-12(15(18)21)22-11-16(2,3)4/h12H,5-11H2,1-4H3,(H,17,19). The summed E-state index contributed by atoms with van der Waals surface area (Å²) in [6.07, 6.45) is 2.42. The lowest BCUT2D eigenvalue weighted by atomic mass is 10.0. The van der Waals surface area contributed by atoms with Gasteiger partial charge in [-0.2, -0.15) is 0 Å². The van der Waals surface area contributed by atoms with Gasteiger partial charge in [0.1, 0.15) is 0 Å². The molecule has 0 saturated carbocycles. The van der Waals surface area contributed by atoms with Gasteiger partial charge in [0.25, 0.3) is 0 Å². The molecule has 0 bridgehead atoms. The molecule has 6 heteroatoms. The molecule has 0 spiro atoms. The molecule has 0 radical (unpaired) electrons. The number of nitrogens with zero attached hydrogens (tertiary/aromatic N) is 1. The number of rotatable bonds is 8. The molecule has 0 aliphatic carbocycles. The third-order valence-corrected chi connectivity index (χ3v) is 5.14. The molecule has 1 unspecified atom stereocenters. The van der Waals surface area contributed by atoms with Crippen LogP contribution in [0.2, 0.25) is 0 Å². The van der Waals surface area contributed by atoms with Crippen LogP contribution in [0.5, 0.6) is 0 Å². The Morgan fingerprint density at radius 1 is 1.36 bits per heavy atom. The summed E-state index contributed by atoms with van der Waals surface area (Å²) in [5.74, 6) is 0.445. The van der Waals surface area contributed by atoms with E-state index >= 15 is 0 Å². The van der Waals surface area contributed by atoms with Gasteiger partial charge in [0.05, 0.1) is 5.25 Å². The van der Waals surface area contributed by atoms with Gasteiger partial charge in [-0.1, -0.05) is 34.1 Å². The highest BCUT2D eigenvalue weighted by Gasteiger charge is 2.39. The Balaban J connectivity index is 2.40. The summed E-state index contributed by atoms with van der Waals surface area (Å²) in [4.78, 5) is 37.1. The van der Waals surface area contributed by atoms with Crippen LogP contribution in [0.15, 0.2) is 0 Å². The number of imide groups is 1. The second kappa shape index (κ2) is 8.56. The number of amides is 3. The smallest absolute Gasteiger partial charge is 0.242 e. The molecule has 1 rings (SSSR count). The molecule has 0 aromatic heterocycles. The van der Waals surface area contributed by atoms with E-state index in [1.165, 1.54) is 4.90 Å². The topological polar surface area (TPSA) is 66.5 Å². The predicted molar refractivity (Wildman–Crippen MR) is 89.6 cm³/mol. The number of thioether (sulfide) groups is 1. The summed E-state index contributed by atoms with van der Waals surface area (Å²) in [5.41, 5.74) is 0.126. The summed E-state index contributed by atoms with van der Waals surface area (Å²) < 4.78 is 0. The van der Waals surface area contributed by atoms with Gasteiger partial charge in [-0.3, -0.25) is 19.3 Å². The molecule has 1 fully saturated rings. The fourth-order valence-corrected chi connectivity index (χ4v) is 3.31. The largest absolute Gasteiger partial charge is 0.356 e. The summed E-state index contributed by atoms with van der Waals surface area (Å²) in [5, 5.41) is 2.52. The van der Waals surface area contributed by atoms with E-state index in [1.54, 1.807) is 11.8 Å². The quantitative estimate of drug-likeness (QED) is 0.548. The zero-order chi connectivity index (χ0) is 16.8. The van der Waals surface area contributed by atoms with Crippen LogP contribution in [-0.4, -0.2) is 46.7 Å². The van der Waals surface area contributed by atoms with Gasteiger partial charge in [0, 0.05) is 25.9 Å². The van der Waals surface area contributed by atoms with Crippen molar-refractivity contribution in [1.82, 2.24) is 10.2 Å². The maximum atomic E-state index is 12.3. The zero-order valence-corrected chi connectivity index (χ0v) is 14.9. The molecule has 1 N–H and O–H groups in total. The lowest BCUT2D eigenvalue weighted by Gasteiger charge is -2.19. The Labute approximate surface area is 137 Å². The van der Waals surface area contributed by atoms with Crippen LogP contribution in [-0.2, 0) is 14.4 Å². The SMILES string of the molecule is CCCCNC(=O)CCN1C(=O)CC(SCC(C)(C)C)C1=O. The van der Waals surface area contributed by atoms with E-state index in [9.17, 15) is 14.4 Å². The van der Waals surface area contributed by atoms with Crippen molar-refractivity contribution in [2.45, 2.75) is 58.6 Å². The number of carbonyl (C=O) groups is 3. The fourth-order valence-electron chi connectivity index (χ4n) is 2.07. The summed E-state index contributed by atoms with van der Waals surface area (Å²) >= 11 is 1.55. The highest BCUT2D eigenvalue weighted by molar-refractivity contribution is 8.00. The van der Waals surface area contributed by atoms with E-state index in [1.807, 2.05) is 0 Å². The molecule has 1 saturated heterocycles. The van der Waals surface area contributed by atoms with Crippen molar-refractivity contribution in [3.05, 3.63) is 0 Å². The van der Waals surface area contributed by atoms with Gasteiger partial charge in [-0.05, 0) is 17.6 Å². The van der Waals surface area contributed by atoms with Gasteiger partial charge < -0.3 is 5.32 Å². The third kappa shape index (κ3) is 6.38. The normalized spacial score (nSPS) is 18.9. The Hall–Kier alpha value is -1.04. The predicted octanol–water partition coefficient (Wildman–Crippen LogP) is 2.20. The Kier molecular flexibility index (Phi) is 7.39. The minimum atomic E-state index is -0.283. The van der Waals surface area contributed by atoms with Crippen molar-refractivity contribution in [3.63, 3.8) is 0 Å². The number of hydrogen-bond donors (Lipinski definition) is 1. The van der Waals surface area contributed by atoms with Gasteiger partial charge >= 0.3 is 0 Å². The van der Waals surface area contributed by atoms with Gasteiger partial charge in [-0.15, -0.1) is 11.8 Å². The number of likely N-dealkylation sites (tertiary alicyclic amines) is 1. The number of unbranched alkanes of at least 4 members (excludes halogenated alkanes) is 1. The van der Waals surface area contributed by atoms with E-state index in [4.69, 9.17) is 0 Å². The van der Waals surface area contributed by atoms with Crippen LogP contribution in [0.4, 0.5) is 0 Å². The lowest BCUT2D eigenvalue weighted by molar-refractivity contribution is -0.138. The van der Waals surface area contributed by atoms with E-state index in [0.717, 1.165) is 18.6 Å². The van der Waals surface area contributed by atoms with Crippen LogP contribution in [0.3, 0.4) is 0 Å². The maximum Gasteiger partial charge on any atom is 0.242 e. The molecule has 0 aromatic rings. The molecular formula is C16H28N2O3S. The second-order valence-corrected chi connectivity index (χ2v) is 8.09. The van der Waals surface area contributed by atoms with E-state index in [0.29, 0.717) is 6.54 Å². The minimum absolute atomic E-state index is 0.0974. The van der Waals surface area contributed by atoms with Crippen molar-refractivity contribution in [2.24, 2.45) is 5.41 Å². The molecule has 1 heterocycles. The second-order valence-electron chi connectivity index (χ2n) is 6.90. The van der Waals surface area contributed by atoms with Crippen LogP contribution in [0.25, 0.3) is 0 Å². The van der Waals surface area contributed by atoms with E-state index in [-0.39, 0.29) is 47.8 Å². The van der Waals surface area contributed by atoms with E-state index < -0.39 is 0 Å². The summed E-state index contributed by atoms with van der Waals surface area (Å²) in [6, 6.07) is 0. The van der Waals surface area contributed by atoms with Crippen molar-refractivity contribution < 1.29 is 14.4 Å². The molecule has 3 amide bonds. The Morgan fingerprint density at radius 3 is 2.64 bits per heavy atom. The molecule has 0 aromatic carbocycles. The lowest BCUT2D eigenvalue weighted by Crippen LogP contribution is -2.35. The van der Waals surface area contributed by atoms with Crippen LogP contribution in [0.1, 0.15) is 53.4 Å². The molecular weight excluding hydrogens is 300 g/mol. The third-order valence-electron chi connectivity index (χ3n) is 3.34. The first-order valence-corrected chi connectivity index (χ1v) is 9.02. The Bertz CT molecular complexity index is 418. The first kappa shape index (κ1) is 19.0. The van der Waals surface area contributed by atoms with Crippen LogP contribution in [0, 0.1) is 5.41 Å². The van der Waals surface area contributed by atoms with E-state index in [2.05, 4.69) is 33.0 Å². The summed E-state index contributed by atoms with van der Waals surface area (Å²) in [6.45, 7) is 9.24. The average Bonchev–Trinajstić information content (AvgIpc) is 2.68. The maximum absolute atomic E-state index is 12.3. The highest BCUT2D eigenvalue weighted by Crippen LogP contribution is 2.30. The molecule has 1 atom stereocenters. The molecule has 1 aliphatic heterocycles. The van der Waals surface area contributed by atoms with Gasteiger partial charge in [0.2, 0.25) is 17.7 Å². The van der Waals surface area contributed by atoms with Crippen molar-refractivity contribution in [3.8, 4) is 0 Å². The number of nitrogens with one attached hydrogen (secondary N) is 1. The molecule has 22 heavy (non-hydrogen) atoms. The van der Waals surface area contributed by atoms with Gasteiger partial charge in [0.15, 0.2) is 0 Å². The first-order chi connectivity index (χ1) is 10.2. The summed E-state index contributed by atoms with van der Waals surface area (Å²) in [7, 11) is 0. The van der Waals surface area contributed by atoms with Crippen molar-refractivity contribution in [1.29, 1.82) is 0 Å². The van der Waals surface area contributed by atoms with Crippen LogP contribution >= 0.6 is 11.8 Å². The average molecular weight is 328 g/mol. The fraction of sp³-hybridized carbons (Fsp3) is 0.812. The minimum Gasteiger partial charge on any atom is -0.356 e.